The summed E-state index contributed by atoms with van der Waals surface area (Å²) in [5.41, 5.74) is 1.21. The molecule has 55 valence electrons. The maximum absolute atomic E-state index is 10.3. The zero-order chi connectivity index (χ0) is 7.68. The molecule has 0 bridgehead atoms. The highest BCUT2D eigenvalue weighted by molar-refractivity contribution is 7.97. The number of nitrogens with zero attached hydrogens (tertiary/aromatic N) is 1. The number of amides is 1. The van der Waals surface area contributed by atoms with Crippen LogP contribution in [0.4, 0.5) is 0 Å². The molecule has 1 aliphatic rings. The average Bonchev–Trinajstić information content (AvgIpc) is 2.46. The van der Waals surface area contributed by atoms with E-state index >= 15 is 0 Å². The van der Waals surface area contributed by atoms with Crippen molar-refractivity contribution in [2.24, 2.45) is 0 Å². The van der Waals surface area contributed by atoms with E-state index in [0.29, 0.717) is 6.54 Å². The van der Waals surface area contributed by atoms with Crippen LogP contribution >= 0.6 is 11.9 Å². The number of hydrogen-bond donors (Lipinski definition) is 0. The van der Waals surface area contributed by atoms with E-state index in [-0.39, 0.29) is 0 Å². The molecule has 1 aliphatic heterocycles. The van der Waals surface area contributed by atoms with Crippen molar-refractivity contribution < 1.29 is 4.79 Å². The first-order valence-corrected chi connectivity index (χ1v) is 4.08. The van der Waals surface area contributed by atoms with Gasteiger partial charge in [-0.05, 0) is 23.6 Å². The molecule has 2 rings (SSSR count). The van der Waals surface area contributed by atoms with Crippen LogP contribution in [0.25, 0.3) is 0 Å². The second-order valence-corrected chi connectivity index (χ2v) is 3.39. The largest absolute Gasteiger partial charge is 0.323 e. The molecule has 1 aromatic rings. The van der Waals surface area contributed by atoms with E-state index in [1.807, 2.05) is 30.7 Å². The highest BCUT2D eigenvalue weighted by Crippen LogP contribution is 2.33. The van der Waals surface area contributed by atoms with Crippen molar-refractivity contribution in [2.45, 2.75) is 11.4 Å². The Kier molecular flexibility index (Phi) is 1.58. The van der Waals surface area contributed by atoms with E-state index < -0.39 is 0 Å². The van der Waals surface area contributed by atoms with Crippen molar-refractivity contribution in [2.75, 3.05) is 0 Å². The predicted octanol–water partition coefficient (Wildman–Crippen LogP) is 1.58. The molecule has 0 aliphatic carbocycles. The molecule has 11 heavy (non-hydrogen) atoms. The number of benzene rings is 1. The molecule has 0 spiro atoms. The summed E-state index contributed by atoms with van der Waals surface area (Å²) >= 11 is 1.45. The molecule has 0 fully saturated rings. The van der Waals surface area contributed by atoms with Crippen LogP contribution in [0, 0.1) is 0 Å². The first kappa shape index (κ1) is 6.73. The fraction of sp³-hybridized carbons (Fsp3) is 0.125. The standard InChI is InChI=1S/C8H6NOS/c10-6-9-5-7-3-1-2-4-8(7)11-9/h1-4H,5H2. The van der Waals surface area contributed by atoms with E-state index in [4.69, 9.17) is 0 Å². The Labute approximate surface area is 69.3 Å². The van der Waals surface area contributed by atoms with E-state index in [0.717, 1.165) is 4.90 Å². The minimum atomic E-state index is 0.685. The van der Waals surface area contributed by atoms with Gasteiger partial charge in [0, 0.05) is 4.90 Å². The third-order valence-corrected chi connectivity index (χ3v) is 2.62. The van der Waals surface area contributed by atoms with Crippen LogP contribution in [0.1, 0.15) is 5.56 Å². The van der Waals surface area contributed by atoms with Crippen LogP contribution in [-0.2, 0) is 11.3 Å². The SMILES string of the molecule is O=[C]N1Cc2ccccc2S1. The van der Waals surface area contributed by atoms with Gasteiger partial charge in [-0.3, -0.25) is 9.10 Å². The van der Waals surface area contributed by atoms with Crippen LogP contribution < -0.4 is 0 Å². The van der Waals surface area contributed by atoms with Gasteiger partial charge in [0.15, 0.2) is 0 Å². The molecule has 0 N–H and O–H groups in total. The minimum Gasteiger partial charge on any atom is -0.269 e. The van der Waals surface area contributed by atoms with Crippen molar-refractivity contribution in [3.8, 4) is 0 Å². The summed E-state index contributed by atoms with van der Waals surface area (Å²) in [4.78, 5) is 11.4. The lowest BCUT2D eigenvalue weighted by atomic mass is 10.2. The van der Waals surface area contributed by atoms with Crippen molar-refractivity contribution in [1.82, 2.24) is 4.31 Å². The second kappa shape index (κ2) is 2.58. The van der Waals surface area contributed by atoms with Crippen molar-refractivity contribution in [1.29, 1.82) is 0 Å². The molecule has 0 atom stereocenters. The van der Waals surface area contributed by atoms with E-state index in [2.05, 4.69) is 0 Å². The molecular formula is C8H6NOS. The van der Waals surface area contributed by atoms with Crippen LogP contribution in [0.2, 0.25) is 0 Å². The van der Waals surface area contributed by atoms with Gasteiger partial charge in [0.05, 0.1) is 6.54 Å². The maximum atomic E-state index is 10.3. The Balaban J connectivity index is 2.33. The van der Waals surface area contributed by atoms with Crippen molar-refractivity contribution >= 4 is 18.4 Å². The van der Waals surface area contributed by atoms with Crippen molar-refractivity contribution in [3.63, 3.8) is 0 Å². The lowest BCUT2D eigenvalue weighted by Gasteiger charge is -2.00. The van der Waals surface area contributed by atoms with Crippen LogP contribution in [0.3, 0.4) is 0 Å². The number of hydrogen-bond acceptors (Lipinski definition) is 2. The normalized spacial score (nSPS) is 14.7. The summed E-state index contributed by atoms with van der Waals surface area (Å²) in [7, 11) is 0. The van der Waals surface area contributed by atoms with E-state index in [1.165, 1.54) is 17.5 Å². The first-order chi connectivity index (χ1) is 5.40. The highest BCUT2D eigenvalue weighted by atomic mass is 32.2. The van der Waals surface area contributed by atoms with Gasteiger partial charge < -0.3 is 0 Å². The first-order valence-electron chi connectivity index (χ1n) is 3.31. The molecule has 0 aromatic heterocycles. The molecule has 1 heterocycles. The second-order valence-electron chi connectivity index (χ2n) is 2.33. The third kappa shape index (κ3) is 1.12. The maximum Gasteiger partial charge on any atom is 0.323 e. The molecule has 1 amide bonds. The van der Waals surface area contributed by atoms with Crippen LogP contribution in [0.15, 0.2) is 29.2 Å². The smallest absolute Gasteiger partial charge is 0.269 e. The van der Waals surface area contributed by atoms with Crippen molar-refractivity contribution in [3.05, 3.63) is 29.8 Å². The van der Waals surface area contributed by atoms with Gasteiger partial charge in [-0.15, -0.1) is 0 Å². The molecule has 1 aromatic carbocycles. The molecular weight excluding hydrogens is 158 g/mol. The Morgan fingerprint density at radius 1 is 1.45 bits per heavy atom. The van der Waals surface area contributed by atoms with Crippen LogP contribution in [-0.4, -0.2) is 10.7 Å². The van der Waals surface area contributed by atoms with Gasteiger partial charge in [-0.2, -0.15) is 0 Å². The van der Waals surface area contributed by atoms with Crippen LogP contribution in [0.5, 0.6) is 0 Å². The summed E-state index contributed by atoms with van der Waals surface area (Å²) in [6.45, 7) is 0.685. The molecule has 0 unspecified atom stereocenters. The summed E-state index contributed by atoms with van der Waals surface area (Å²) in [6, 6.07) is 7.99. The fourth-order valence-corrected chi connectivity index (χ4v) is 1.95. The van der Waals surface area contributed by atoms with Gasteiger partial charge in [0.25, 0.3) is 0 Å². The van der Waals surface area contributed by atoms with Gasteiger partial charge in [-0.25, -0.2) is 0 Å². The molecule has 2 nitrogen and oxygen atoms in total. The van der Waals surface area contributed by atoms with Gasteiger partial charge in [-0.1, -0.05) is 18.2 Å². The minimum absolute atomic E-state index is 0.685. The number of rotatable bonds is 1. The summed E-state index contributed by atoms with van der Waals surface area (Å²) < 4.78 is 1.56. The Morgan fingerprint density at radius 2 is 2.27 bits per heavy atom. The molecule has 0 saturated carbocycles. The fourth-order valence-electron chi connectivity index (χ4n) is 1.08. The summed E-state index contributed by atoms with van der Waals surface area (Å²) in [5, 5.41) is 0. The van der Waals surface area contributed by atoms with Gasteiger partial charge in [0.1, 0.15) is 0 Å². The van der Waals surface area contributed by atoms with E-state index in [1.54, 1.807) is 4.31 Å². The Hall–Kier alpha value is -0.960. The zero-order valence-electron chi connectivity index (χ0n) is 5.78. The monoisotopic (exact) mass is 164 g/mol. The Morgan fingerprint density at radius 3 is 3.00 bits per heavy atom. The summed E-state index contributed by atoms with van der Waals surface area (Å²) in [5.74, 6) is 0. The molecule has 3 heteroatoms. The lowest BCUT2D eigenvalue weighted by molar-refractivity contribution is 0.506. The number of fused-ring (bicyclic) bond motifs is 1. The Bertz CT molecular complexity index is 262. The van der Waals surface area contributed by atoms with Gasteiger partial charge in [0.2, 0.25) is 0 Å². The summed E-state index contributed by atoms with van der Waals surface area (Å²) in [6.07, 6.45) is 1.86. The molecule has 0 saturated heterocycles. The third-order valence-electron chi connectivity index (χ3n) is 1.60. The lowest BCUT2D eigenvalue weighted by Crippen LogP contribution is -2.05. The highest BCUT2D eigenvalue weighted by Gasteiger charge is 2.17. The molecule has 1 radical (unpaired) electrons. The average molecular weight is 164 g/mol. The number of carbonyl (C=O) groups excluding carboxylic acids is 1. The quantitative estimate of drug-likeness (QED) is 0.587. The van der Waals surface area contributed by atoms with E-state index in [9.17, 15) is 4.79 Å². The topological polar surface area (TPSA) is 20.3 Å². The zero-order valence-corrected chi connectivity index (χ0v) is 6.60. The predicted molar refractivity (Wildman–Crippen MR) is 43.5 cm³/mol. The van der Waals surface area contributed by atoms with Gasteiger partial charge >= 0.3 is 6.41 Å².